The number of hydrogen-bond donors (Lipinski definition) is 0. The summed E-state index contributed by atoms with van der Waals surface area (Å²) >= 11 is 0. The van der Waals surface area contributed by atoms with Crippen molar-refractivity contribution in [3.8, 4) is 0 Å². The van der Waals surface area contributed by atoms with E-state index in [1.807, 2.05) is 0 Å². The van der Waals surface area contributed by atoms with Gasteiger partial charge in [0.2, 0.25) is 0 Å². The Hall–Kier alpha value is -1.48. The van der Waals surface area contributed by atoms with Crippen LogP contribution in [0.3, 0.4) is 0 Å². The average molecular weight is 355 g/mol. The third-order valence-corrected chi connectivity index (χ3v) is 2.99. The van der Waals surface area contributed by atoms with E-state index >= 15 is 0 Å². The van der Waals surface area contributed by atoms with E-state index in [0.717, 1.165) is 0 Å². The van der Waals surface area contributed by atoms with Crippen molar-refractivity contribution in [2.45, 2.75) is 37.0 Å². The maximum atomic E-state index is 13.4. The van der Waals surface area contributed by atoms with Crippen LogP contribution in [0.25, 0.3) is 0 Å². The average Bonchev–Trinajstić information content (AvgIpc) is 2.36. The van der Waals surface area contributed by atoms with Gasteiger partial charge in [-0.2, -0.15) is 43.9 Å². The highest BCUT2D eigenvalue weighted by Gasteiger charge is 2.63. The molecule has 1 radical (unpaired) electrons. The van der Waals surface area contributed by atoms with Crippen molar-refractivity contribution in [1.29, 1.82) is 0 Å². The van der Waals surface area contributed by atoms with Gasteiger partial charge in [0, 0.05) is 11.1 Å². The summed E-state index contributed by atoms with van der Waals surface area (Å²) in [5.41, 5.74) is -5.28. The first-order chi connectivity index (χ1) is 10.2. The van der Waals surface area contributed by atoms with Crippen LogP contribution >= 0.6 is 0 Å². The molecule has 0 N–H and O–H groups in total. The Labute approximate surface area is 124 Å². The zero-order chi connectivity index (χ0) is 18.3. The zero-order valence-corrected chi connectivity index (χ0v) is 11.1. The summed E-state index contributed by atoms with van der Waals surface area (Å²) in [6.45, 7) is 3.10. The number of hydrogen-bond acceptors (Lipinski definition) is 0. The topological polar surface area (TPSA) is 0 Å². The van der Waals surface area contributed by atoms with Crippen LogP contribution in [0, 0.1) is 6.92 Å². The van der Waals surface area contributed by atoms with E-state index in [1.54, 1.807) is 0 Å². The summed E-state index contributed by atoms with van der Waals surface area (Å²) in [5.74, 6) is -11.1. The van der Waals surface area contributed by atoms with Gasteiger partial charge in [0.05, 0.1) is 0 Å². The second kappa shape index (κ2) is 5.86. The number of benzene rings is 1. The van der Waals surface area contributed by atoms with Gasteiger partial charge in [-0.15, -0.1) is 0 Å². The Morgan fingerprint density at radius 1 is 0.696 bits per heavy atom. The van der Waals surface area contributed by atoms with Gasteiger partial charge in [0.1, 0.15) is 0 Å². The SMILES string of the molecule is [CH2]CCc1c(C(F)(F)C(F)(F)F)cccc1C(F)(F)C(F)(F)F. The van der Waals surface area contributed by atoms with Crippen LogP contribution in [0.2, 0.25) is 0 Å². The lowest BCUT2D eigenvalue weighted by Crippen LogP contribution is -2.38. The lowest BCUT2D eigenvalue weighted by atomic mass is 9.90. The first-order valence-electron chi connectivity index (χ1n) is 5.99. The molecule has 1 aromatic carbocycles. The van der Waals surface area contributed by atoms with Gasteiger partial charge in [-0.05, 0) is 18.4 Å². The summed E-state index contributed by atoms with van der Waals surface area (Å²) in [5, 5.41) is 0. The molecule has 0 saturated carbocycles. The molecule has 131 valence electrons. The van der Waals surface area contributed by atoms with Crippen LogP contribution in [0.5, 0.6) is 0 Å². The molecule has 0 unspecified atom stereocenters. The van der Waals surface area contributed by atoms with Gasteiger partial charge >= 0.3 is 24.2 Å². The minimum Gasteiger partial charge on any atom is -0.191 e. The molecule has 1 aromatic rings. The fourth-order valence-corrected chi connectivity index (χ4v) is 1.93. The Balaban J connectivity index is 3.69. The molecule has 0 fully saturated rings. The second-order valence-electron chi connectivity index (χ2n) is 4.58. The van der Waals surface area contributed by atoms with Crippen LogP contribution in [-0.4, -0.2) is 12.4 Å². The Morgan fingerprint density at radius 2 is 1.04 bits per heavy atom. The van der Waals surface area contributed by atoms with Crippen molar-refractivity contribution in [3.05, 3.63) is 41.8 Å². The molecule has 23 heavy (non-hydrogen) atoms. The molecule has 0 saturated heterocycles. The molecule has 0 atom stereocenters. The van der Waals surface area contributed by atoms with Crippen LogP contribution in [-0.2, 0) is 18.3 Å². The van der Waals surface area contributed by atoms with E-state index in [4.69, 9.17) is 0 Å². The standard InChI is InChI=1S/C13H9F10/c1-2-4-7-8(10(14,15)12(18,19)20)5-3-6-9(7)11(16,17)13(21,22)23/h3,5-6H,1-2,4H2. The first-order valence-corrected chi connectivity index (χ1v) is 5.99. The number of alkyl halides is 10. The molecule has 1 rings (SSSR count). The van der Waals surface area contributed by atoms with Gasteiger partial charge in [0.25, 0.3) is 0 Å². The predicted molar refractivity (Wildman–Crippen MR) is 60.0 cm³/mol. The van der Waals surface area contributed by atoms with Gasteiger partial charge < -0.3 is 0 Å². The quantitative estimate of drug-likeness (QED) is 0.603. The van der Waals surface area contributed by atoms with Crippen molar-refractivity contribution in [3.63, 3.8) is 0 Å². The highest BCUT2D eigenvalue weighted by molar-refractivity contribution is 5.42. The second-order valence-corrected chi connectivity index (χ2v) is 4.58. The molecule has 0 aliphatic rings. The minimum absolute atomic E-state index is 0.175. The zero-order valence-electron chi connectivity index (χ0n) is 11.1. The van der Waals surface area contributed by atoms with Crippen molar-refractivity contribution in [2.75, 3.05) is 0 Å². The van der Waals surface area contributed by atoms with E-state index in [1.165, 1.54) is 0 Å². The lowest BCUT2D eigenvalue weighted by Gasteiger charge is -2.27. The van der Waals surface area contributed by atoms with Crippen LogP contribution in [0.4, 0.5) is 43.9 Å². The smallest absolute Gasteiger partial charge is 0.191 e. The van der Waals surface area contributed by atoms with Gasteiger partial charge in [0.15, 0.2) is 0 Å². The van der Waals surface area contributed by atoms with Gasteiger partial charge in [-0.1, -0.05) is 25.1 Å². The van der Waals surface area contributed by atoms with Crippen molar-refractivity contribution in [2.24, 2.45) is 0 Å². The fraction of sp³-hybridized carbons (Fsp3) is 0.462. The van der Waals surface area contributed by atoms with E-state index in [0.29, 0.717) is 6.07 Å². The van der Waals surface area contributed by atoms with E-state index < -0.39 is 53.7 Å². The van der Waals surface area contributed by atoms with Crippen LogP contribution in [0.15, 0.2) is 18.2 Å². The first kappa shape index (κ1) is 19.6. The lowest BCUT2D eigenvalue weighted by molar-refractivity contribution is -0.292. The fourth-order valence-electron chi connectivity index (χ4n) is 1.93. The molecule has 0 bridgehead atoms. The molecule has 0 spiro atoms. The highest BCUT2D eigenvalue weighted by Crippen LogP contribution is 2.50. The third-order valence-electron chi connectivity index (χ3n) is 2.99. The van der Waals surface area contributed by atoms with Crippen LogP contribution in [0.1, 0.15) is 23.1 Å². The maximum Gasteiger partial charge on any atom is 0.458 e. The molecular weight excluding hydrogens is 346 g/mol. The maximum absolute atomic E-state index is 13.4. The molecule has 0 amide bonds. The summed E-state index contributed by atoms with van der Waals surface area (Å²) in [7, 11) is 0. The van der Waals surface area contributed by atoms with E-state index in [-0.39, 0.29) is 12.1 Å². The van der Waals surface area contributed by atoms with Gasteiger partial charge in [-0.3, -0.25) is 0 Å². The van der Waals surface area contributed by atoms with E-state index in [2.05, 4.69) is 6.92 Å². The largest absolute Gasteiger partial charge is 0.458 e. The summed E-state index contributed by atoms with van der Waals surface area (Å²) < 4.78 is 128. The summed E-state index contributed by atoms with van der Waals surface area (Å²) in [6.07, 6.45) is -13.6. The molecular formula is C13H9F10. The van der Waals surface area contributed by atoms with Crippen molar-refractivity contribution < 1.29 is 43.9 Å². The van der Waals surface area contributed by atoms with Crippen molar-refractivity contribution >= 4 is 0 Å². The molecule has 10 heteroatoms. The van der Waals surface area contributed by atoms with E-state index in [9.17, 15) is 43.9 Å². The Kier molecular flexibility index (Phi) is 4.99. The van der Waals surface area contributed by atoms with Crippen LogP contribution < -0.4 is 0 Å². The Bertz CT molecular complexity index is 509. The molecule has 0 aliphatic carbocycles. The van der Waals surface area contributed by atoms with Gasteiger partial charge in [-0.25, -0.2) is 0 Å². The minimum atomic E-state index is -6.14. The molecule has 0 aromatic heterocycles. The monoisotopic (exact) mass is 355 g/mol. The van der Waals surface area contributed by atoms with Crippen molar-refractivity contribution in [1.82, 2.24) is 0 Å². The third kappa shape index (κ3) is 3.40. The normalized spacial score (nSPS) is 14.2. The number of halogens is 10. The Morgan fingerprint density at radius 3 is 1.30 bits per heavy atom. The molecule has 0 nitrogen and oxygen atoms in total. The summed E-state index contributed by atoms with van der Waals surface area (Å²) in [4.78, 5) is 0. The predicted octanol–water partition coefficient (Wildman–Crippen LogP) is 5.76. The summed E-state index contributed by atoms with van der Waals surface area (Å²) in [6, 6.07) is 0.652. The highest BCUT2D eigenvalue weighted by atomic mass is 19.4. The number of rotatable bonds is 4. The molecule has 0 aliphatic heterocycles. The molecule has 0 heterocycles.